The molecule has 1 amide bonds. The monoisotopic (exact) mass is 410 g/mol. The van der Waals surface area contributed by atoms with Crippen molar-refractivity contribution < 1.29 is 14.3 Å². The van der Waals surface area contributed by atoms with Crippen LogP contribution in [0.5, 0.6) is 0 Å². The van der Waals surface area contributed by atoms with Gasteiger partial charge < -0.3 is 10.1 Å². The summed E-state index contributed by atoms with van der Waals surface area (Å²) in [6.07, 6.45) is 3.28. The SMILES string of the molecule is CC(C)OCCCNC(=O)c1c2c(cn(-c3ccccc3)c1=O)C(=O)CC(C)(C)C2. The van der Waals surface area contributed by atoms with Gasteiger partial charge in [-0.3, -0.25) is 19.0 Å². The van der Waals surface area contributed by atoms with Crippen molar-refractivity contribution in [2.45, 2.75) is 53.1 Å². The summed E-state index contributed by atoms with van der Waals surface area (Å²) in [5.41, 5.74) is 1.02. The number of nitrogens with one attached hydrogen (secondary N) is 1. The second kappa shape index (κ2) is 8.96. The molecule has 0 saturated heterocycles. The summed E-state index contributed by atoms with van der Waals surface area (Å²) < 4.78 is 6.91. The van der Waals surface area contributed by atoms with Gasteiger partial charge in [-0.1, -0.05) is 32.0 Å². The lowest BCUT2D eigenvalue weighted by molar-refractivity contribution is 0.0757. The van der Waals surface area contributed by atoms with Crippen molar-refractivity contribution in [2.24, 2.45) is 5.41 Å². The zero-order valence-corrected chi connectivity index (χ0v) is 18.2. The van der Waals surface area contributed by atoms with Gasteiger partial charge >= 0.3 is 0 Å². The number of nitrogens with zero attached hydrogens (tertiary/aromatic N) is 1. The van der Waals surface area contributed by atoms with Crippen LogP contribution < -0.4 is 10.9 Å². The van der Waals surface area contributed by atoms with E-state index in [-0.39, 0.29) is 22.9 Å². The molecule has 0 atom stereocenters. The Kier molecular flexibility index (Phi) is 6.56. The standard InChI is InChI=1S/C24H30N2O4/c1-16(2)30-12-8-11-25-22(28)21-18-13-24(3,4)14-20(27)19(18)15-26(23(21)29)17-9-6-5-7-10-17/h5-7,9-10,15-16H,8,11-14H2,1-4H3,(H,25,28). The average molecular weight is 411 g/mol. The number of para-hydroxylation sites is 1. The van der Waals surface area contributed by atoms with Crippen molar-refractivity contribution in [1.82, 2.24) is 9.88 Å². The Bertz CT molecular complexity index is 990. The fourth-order valence-electron chi connectivity index (χ4n) is 3.84. The summed E-state index contributed by atoms with van der Waals surface area (Å²) in [6, 6.07) is 9.07. The van der Waals surface area contributed by atoms with E-state index in [2.05, 4.69) is 5.32 Å². The molecule has 2 aromatic rings. The number of carbonyl (C=O) groups excluding carboxylic acids is 2. The maximum atomic E-state index is 13.3. The van der Waals surface area contributed by atoms with Crippen LogP contribution >= 0.6 is 0 Å². The highest BCUT2D eigenvalue weighted by molar-refractivity contribution is 6.04. The molecular weight excluding hydrogens is 380 g/mol. The van der Waals surface area contributed by atoms with Crippen LogP contribution in [0.3, 0.4) is 0 Å². The molecule has 1 aromatic heterocycles. The first kappa shape index (κ1) is 22.0. The number of Topliss-reactive ketones (excluding diaryl/α,β-unsaturated/α-hetero) is 1. The number of benzene rings is 1. The Hall–Kier alpha value is -2.73. The van der Waals surface area contributed by atoms with Crippen LogP contribution in [-0.2, 0) is 11.2 Å². The van der Waals surface area contributed by atoms with Gasteiger partial charge in [0, 0.05) is 37.0 Å². The highest BCUT2D eigenvalue weighted by atomic mass is 16.5. The molecule has 1 aliphatic carbocycles. The minimum absolute atomic E-state index is 0.0367. The molecule has 0 fully saturated rings. The molecule has 1 aromatic carbocycles. The highest BCUT2D eigenvalue weighted by Gasteiger charge is 2.35. The van der Waals surface area contributed by atoms with Crippen LogP contribution in [-0.4, -0.2) is 35.5 Å². The van der Waals surface area contributed by atoms with Crippen molar-refractivity contribution in [1.29, 1.82) is 0 Å². The largest absolute Gasteiger partial charge is 0.379 e. The van der Waals surface area contributed by atoms with Gasteiger partial charge in [-0.15, -0.1) is 0 Å². The predicted molar refractivity (Wildman–Crippen MR) is 117 cm³/mol. The number of aromatic nitrogens is 1. The normalized spacial score (nSPS) is 15.2. The summed E-state index contributed by atoms with van der Waals surface area (Å²) in [5, 5.41) is 2.84. The fourth-order valence-corrected chi connectivity index (χ4v) is 3.84. The molecular formula is C24H30N2O4. The smallest absolute Gasteiger partial charge is 0.268 e. The van der Waals surface area contributed by atoms with Crippen LogP contribution in [0.2, 0.25) is 0 Å². The Morgan fingerprint density at radius 2 is 1.87 bits per heavy atom. The van der Waals surface area contributed by atoms with Gasteiger partial charge in [0.05, 0.1) is 6.10 Å². The lowest BCUT2D eigenvalue weighted by Crippen LogP contribution is -2.39. The lowest BCUT2D eigenvalue weighted by atomic mass is 9.73. The zero-order chi connectivity index (χ0) is 21.9. The molecule has 6 heteroatoms. The second-order valence-corrected chi connectivity index (χ2v) is 8.88. The molecule has 1 aliphatic rings. The topological polar surface area (TPSA) is 77.4 Å². The minimum Gasteiger partial charge on any atom is -0.379 e. The molecule has 0 bridgehead atoms. The van der Waals surface area contributed by atoms with E-state index in [0.29, 0.717) is 49.2 Å². The Balaban J connectivity index is 2.00. The summed E-state index contributed by atoms with van der Waals surface area (Å²) in [7, 11) is 0. The van der Waals surface area contributed by atoms with Crippen LogP contribution in [0.1, 0.15) is 66.8 Å². The third-order valence-electron chi connectivity index (χ3n) is 5.23. The van der Waals surface area contributed by atoms with E-state index in [4.69, 9.17) is 4.74 Å². The molecule has 6 nitrogen and oxygen atoms in total. The van der Waals surface area contributed by atoms with Gasteiger partial charge in [-0.2, -0.15) is 0 Å². The lowest BCUT2D eigenvalue weighted by Gasteiger charge is -2.31. The Morgan fingerprint density at radius 3 is 2.53 bits per heavy atom. The number of rotatable bonds is 7. The van der Waals surface area contributed by atoms with Crippen LogP contribution in [0.15, 0.2) is 41.3 Å². The van der Waals surface area contributed by atoms with E-state index in [1.165, 1.54) is 4.57 Å². The van der Waals surface area contributed by atoms with Gasteiger partial charge in [0.2, 0.25) is 0 Å². The number of carbonyl (C=O) groups is 2. The van der Waals surface area contributed by atoms with Crippen LogP contribution in [0.25, 0.3) is 5.69 Å². The third-order valence-corrected chi connectivity index (χ3v) is 5.23. The summed E-state index contributed by atoms with van der Waals surface area (Å²) in [5.74, 6) is -0.470. The van der Waals surface area contributed by atoms with Crippen molar-refractivity contribution in [2.75, 3.05) is 13.2 Å². The zero-order valence-electron chi connectivity index (χ0n) is 18.2. The van der Waals surface area contributed by atoms with Crippen LogP contribution in [0.4, 0.5) is 0 Å². The first-order valence-corrected chi connectivity index (χ1v) is 10.5. The molecule has 30 heavy (non-hydrogen) atoms. The average Bonchev–Trinajstić information content (AvgIpc) is 2.67. The quantitative estimate of drug-likeness (QED) is 0.709. The first-order valence-electron chi connectivity index (χ1n) is 10.5. The molecule has 0 unspecified atom stereocenters. The Labute approximate surface area is 177 Å². The maximum absolute atomic E-state index is 13.3. The number of fused-ring (bicyclic) bond motifs is 1. The number of pyridine rings is 1. The summed E-state index contributed by atoms with van der Waals surface area (Å²) in [6.45, 7) is 8.82. The molecule has 0 spiro atoms. The predicted octanol–water partition coefficient (Wildman–Crippen LogP) is 3.54. The fraction of sp³-hybridized carbons (Fsp3) is 0.458. The van der Waals surface area contributed by atoms with E-state index >= 15 is 0 Å². The summed E-state index contributed by atoms with van der Waals surface area (Å²) in [4.78, 5) is 39.3. The van der Waals surface area contributed by atoms with E-state index in [9.17, 15) is 14.4 Å². The number of amides is 1. The molecule has 160 valence electrons. The van der Waals surface area contributed by atoms with E-state index in [1.54, 1.807) is 18.3 Å². The third kappa shape index (κ3) is 4.87. The van der Waals surface area contributed by atoms with E-state index in [0.717, 1.165) is 0 Å². The van der Waals surface area contributed by atoms with Gasteiger partial charge in [-0.05, 0) is 49.8 Å². The van der Waals surface area contributed by atoms with Gasteiger partial charge in [0.1, 0.15) is 5.56 Å². The molecule has 0 radical (unpaired) electrons. The van der Waals surface area contributed by atoms with E-state index < -0.39 is 11.5 Å². The molecule has 0 aliphatic heterocycles. The molecule has 3 rings (SSSR count). The molecule has 1 heterocycles. The van der Waals surface area contributed by atoms with Gasteiger partial charge in [0.15, 0.2) is 5.78 Å². The van der Waals surface area contributed by atoms with Gasteiger partial charge in [0.25, 0.3) is 11.5 Å². The minimum atomic E-state index is -0.434. The van der Waals surface area contributed by atoms with Crippen molar-refractivity contribution in [3.8, 4) is 5.69 Å². The number of ketones is 1. The first-order chi connectivity index (χ1) is 14.2. The molecule has 0 saturated carbocycles. The second-order valence-electron chi connectivity index (χ2n) is 8.88. The van der Waals surface area contributed by atoms with Crippen LogP contribution in [0, 0.1) is 5.41 Å². The Morgan fingerprint density at radius 1 is 1.17 bits per heavy atom. The van der Waals surface area contributed by atoms with Crippen molar-refractivity contribution >= 4 is 11.7 Å². The summed E-state index contributed by atoms with van der Waals surface area (Å²) >= 11 is 0. The maximum Gasteiger partial charge on any atom is 0.268 e. The molecule has 1 N–H and O–H groups in total. The highest BCUT2D eigenvalue weighted by Crippen LogP contribution is 2.35. The number of ether oxygens (including phenoxy) is 1. The number of hydrogen-bond acceptors (Lipinski definition) is 4. The van der Waals surface area contributed by atoms with E-state index in [1.807, 2.05) is 45.9 Å². The van der Waals surface area contributed by atoms with Crippen molar-refractivity contribution in [3.05, 3.63) is 63.6 Å². The number of hydrogen-bond donors (Lipinski definition) is 1. The van der Waals surface area contributed by atoms with Gasteiger partial charge in [-0.25, -0.2) is 0 Å². The van der Waals surface area contributed by atoms with Crippen molar-refractivity contribution in [3.63, 3.8) is 0 Å².